The first kappa shape index (κ1) is 22.9. The van der Waals surface area contributed by atoms with Crippen LogP contribution >= 0.6 is 12.4 Å². The highest BCUT2D eigenvalue weighted by molar-refractivity contribution is 7.89. The lowest BCUT2D eigenvalue weighted by Crippen LogP contribution is -2.30. The van der Waals surface area contributed by atoms with Gasteiger partial charge in [0.15, 0.2) is 0 Å². The molecule has 0 atom stereocenters. The number of aryl methyl sites for hydroxylation is 1. The minimum atomic E-state index is -3.42. The smallest absolute Gasteiger partial charge is 0.243 e. The van der Waals surface area contributed by atoms with Crippen molar-refractivity contribution < 1.29 is 13.2 Å². The predicted molar refractivity (Wildman–Crippen MR) is 98.8 cm³/mol. The Morgan fingerprint density at radius 2 is 1.75 bits per heavy atom. The molecule has 1 aromatic rings. The second-order valence-electron chi connectivity index (χ2n) is 5.23. The largest absolute Gasteiger partial charge is 0.356 e. The summed E-state index contributed by atoms with van der Waals surface area (Å²) in [7, 11) is -3.42. The lowest BCUT2D eigenvalue weighted by atomic mass is 10.1. The fraction of sp³-hybridized carbons (Fsp3) is 0.562. The summed E-state index contributed by atoms with van der Waals surface area (Å²) >= 11 is 0. The van der Waals surface area contributed by atoms with Crippen LogP contribution in [-0.4, -0.2) is 44.8 Å². The molecule has 6 nitrogen and oxygen atoms in total. The molecule has 1 amide bonds. The number of carbonyl (C=O) groups excluding carboxylic acids is 1. The molecule has 0 saturated carbocycles. The molecule has 3 N–H and O–H groups in total. The highest BCUT2D eigenvalue weighted by Crippen LogP contribution is 2.16. The maximum Gasteiger partial charge on any atom is 0.243 e. The zero-order chi connectivity index (χ0) is 17.3. The molecular weight excluding hydrogens is 350 g/mol. The monoisotopic (exact) mass is 377 g/mol. The Labute approximate surface area is 151 Å². The van der Waals surface area contributed by atoms with Gasteiger partial charge in [-0.1, -0.05) is 26.0 Å². The minimum Gasteiger partial charge on any atom is -0.356 e. The van der Waals surface area contributed by atoms with E-state index in [2.05, 4.69) is 5.32 Å². The van der Waals surface area contributed by atoms with E-state index in [1.165, 1.54) is 4.31 Å². The van der Waals surface area contributed by atoms with E-state index in [1.807, 2.05) is 13.8 Å². The van der Waals surface area contributed by atoms with Gasteiger partial charge < -0.3 is 11.1 Å². The summed E-state index contributed by atoms with van der Waals surface area (Å²) in [5.74, 6) is -0.0155. The Balaban J connectivity index is 0.00000529. The third-order valence-corrected chi connectivity index (χ3v) is 5.67. The molecule has 8 heteroatoms. The number of nitrogens with zero attached hydrogens (tertiary/aromatic N) is 1. The molecule has 1 rings (SSSR count). The maximum atomic E-state index is 12.4. The Bertz CT molecular complexity index is 587. The molecule has 0 aliphatic carbocycles. The molecule has 1 aromatic carbocycles. The van der Waals surface area contributed by atoms with Crippen LogP contribution in [0.2, 0.25) is 0 Å². The molecule has 24 heavy (non-hydrogen) atoms. The zero-order valence-corrected chi connectivity index (χ0v) is 16.0. The van der Waals surface area contributed by atoms with Crippen LogP contribution in [-0.2, 0) is 21.2 Å². The average molecular weight is 378 g/mol. The number of carbonyl (C=O) groups is 1. The van der Waals surface area contributed by atoms with E-state index in [-0.39, 0.29) is 23.2 Å². The standard InChI is InChI=1S/C16H27N3O3S.ClH/c1-3-19(4-2)23(21,22)15-9-6-14(7-10-15)8-11-16(20)18-13-5-12-17;/h6-7,9-10H,3-5,8,11-13,17H2,1-2H3,(H,18,20);1H. The average Bonchev–Trinajstić information content (AvgIpc) is 2.54. The van der Waals surface area contributed by atoms with Crippen molar-refractivity contribution in [2.75, 3.05) is 26.2 Å². The van der Waals surface area contributed by atoms with Crippen LogP contribution in [0.4, 0.5) is 0 Å². The zero-order valence-electron chi connectivity index (χ0n) is 14.3. The SMILES string of the molecule is CCN(CC)S(=O)(=O)c1ccc(CCC(=O)NCCCN)cc1.Cl. The van der Waals surface area contributed by atoms with Crippen molar-refractivity contribution >= 4 is 28.3 Å². The molecule has 0 spiro atoms. The molecule has 0 unspecified atom stereocenters. The Kier molecular flexibility index (Phi) is 10.9. The Morgan fingerprint density at radius 3 is 2.25 bits per heavy atom. The third kappa shape index (κ3) is 6.76. The number of rotatable bonds is 10. The molecule has 0 aromatic heterocycles. The highest BCUT2D eigenvalue weighted by atomic mass is 35.5. The van der Waals surface area contributed by atoms with Crippen LogP contribution < -0.4 is 11.1 Å². The second kappa shape index (κ2) is 11.4. The van der Waals surface area contributed by atoms with E-state index in [9.17, 15) is 13.2 Å². The van der Waals surface area contributed by atoms with E-state index in [0.29, 0.717) is 39.0 Å². The second-order valence-corrected chi connectivity index (χ2v) is 7.16. The van der Waals surface area contributed by atoms with E-state index >= 15 is 0 Å². The van der Waals surface area contributed by atoms with Gasteiger partial charge >= 0.3 is 0 Å². The number of nitrogens with one attached hydrogen (secondary N) is 1. The summed E-state index contributed by atoms with van der Waals surface area (Å²) in [6, 6.07) is 6.75. The van der Waals surface area contributed by atoms with E-state index < -0.39 is 10.0 Å². The van der Waals surface area contributed by atoms with Gasteiger partial charge in [0, 0.05) is 26.1 Å². The number of sulfonamides is 1. The number of halogens is 1. The van der Waals surface area contributed by atoms with Crippen molar-refractivity contribution in [1.82, 2.24) is 9.62 Å². The van der Waals surface area contributed by atoms with Gasteiger partial charge in [-0.25, -0.2) is 8.42 Å². The maximum absolute atomic E-state index is 12.4. The van der Waals surface area contributed by atoms with Gasteiger partial charge in [0.05, 0.1) is 4.90 Å². The van der Waals surface area contributed by atoms with Gasteiger partial charge in [0.2, 0.25) is 15.9 Å². The molecule has 0 radical (unpaired) electrons. The number of hydrogen-bond acceptors (Lipinski definition) is 4. The molecule has 0 saturated heterocycles. The van der Waals surface area contributed by atoms with Crippen molar-refractivity contribution in [1.29, 1.82) is 0 Å². The predicted octanol–water partition coefficient (Wildman–Crippen LogP) is 1.54. The minimum absolute atomic E-state index is 0. The summed E-state index contributed by atoms with van der Waals surface area (Å²) in [5.41, 5.74) is 6.31. The van der Waals surface area contributed by atoms with Crippen LogP contribution in [0, 0.1) is 0 Å². The van der Waals surface area contributed by atoms with Gasteiger partial charge in [-0.15, -0.1) is 12.4 Å². The van der Waals surface area contributed by atoms with E-state index in [4.69, 9.17) is 5.73 Å². The summed E-state index contributed by atoms with van der Waals surface area (Å²) in [6.45, 7) is 5.68. The van der Waals surface area contributed by atoms with Gasteiger partial charge in [-0.3, -0.25) is 4.79 Å². The highest BCUT2D eigenvalue weighted by Gasteiger charge is 2.21. The summed E-state index contributed by atoms with van der Waals surface area (Å²) in [5, 5.41) is 2.80. The topological polar surface area (TPSA) is 92.5 Å². The van der Waals surface area contributed by atoms with Crippen molar-refractivity contribution in [3.63, 3.8) is 0 Å². The summed E-state index contributed by atoms with van der Waals surface area (Å²) < 4.78 is 26.2. The quantitative estimate of drug-likeness (QED) is 0.605. The summed E-state index contributed by atoms with van der Waals surface area (Å²) in [4.78, 5) is 11.9. The molecule has 0 fully saturated rings. The molecular formula is C16H28ClN3O3S. The molecule has 0 bridgehead atoms. The van der Waals surface area contributed by atoms with Crippen molar-refractivity contribution in [3.8, 4) is 0 Å². The number of amides is 1. The number of benzene rings is 1. The van der Waals surface area contributed by atoms with Crippen LogP contribution in [0.5, 0.6) is 0 Å². The van der Waals surface area contributed by atoms with Gasteiger partial charge in [-0.2, -0.15) is 4.31 Å². The normalized spacial score (nSPS) is 11.2. The van der Waals surface area contributed by atoms with E-state index in [0.717, 1.165) is 12.0 Å². The van der Waals surface area contributed by atoms with Gasteiger partial charge in [-0.05, 0) is 37.1 Å². The van der Waals surface area contributed by atoms with Crippen molar-refractivity contribution in [3.05, 3.63) is 29.8 Å². The first-order valence-electron chi connectivity index (χ1n) is 8.01. The molecule has 138 valence electrons. The van der Waals surface area contributed by atoms with Crippen molar-refractivity contribution in [2.45, 2.75) is 38.0 Å². The fourth-order valence-electron chi connectivity index (χ4n) is 2.22. The Hall–Kier alpha value is -1.15. The Morgan fingerprint density at radius 1 is 1.17 bits per heavy atom. The fourth-order valence-corrected chi connectivity index (χ4v) is 3.67. The summed E-state index contributed by atoms with van der Waals surface area (Å²) in [6.07, 6.45) is 1.73. The molecule has 0 heterocycles. The number of nitrogens with two attached hydrogens (primary N) is 1. The first-order valence-corrected chi connectivity index (χ1v) is 9.45. The van der Waals surface area contributed by atoms with Gasteiger partial charge in [0.25, 0.3) is 0 Å². The van der Waals surface area contributed by atoms with Crippen LogP contribution in [0.1, 0.15) is 32.3 Å². The first-order chi connectivity index (χ1) is 11.0. The van der Waals surface area contributed by atoms with E-state index in [1.54, 1.807) is 24.3 Å². The van der Waals surface area contributed by atoms with Crippen LogP contribution in [0.15, 0.2) is 29.2 Å². The van der Waals surface area contributed by atoms with Crippen molar-refractivity contribution in [2.24, 2.45) is 5.73 Å². The lowest BCUT2D eigenvalue weighted by Gasteiger charge is -2.18. The van der Waals surface area contributed by atoms with Crippen LogP contribution in [0.25, 0.3) is 0 Å². The van der Waals surface area contributed by atoms with Gasteiger partial charge in [0.1, 0.15) is 0 Å². The third-order valence-electron chi connectivity index (χ3n) is 3.61. The number of hydrogen-bond donors (Lipinski definition) is 2. The van der Waals surface area contributed by atoms with Crippen LogP contribution in [0.3, 0.4) is 0 Å². The molecule has 0 aliphatic rings. The lowest BCUT2D eigenvalue weighted by molar-refractivity contribution is -0.121. The molecule has 0 aliphatic heterocycles.